The number of aliphatic hydroxyl groups is 1. The van der Waals surface area contributed by atoms with E-state index < -0.39 is 15.9 Å². The number of aliphatic hydroxyl groups excluding tert-OH is 1. The lowest BCUT2D eigenvalue weighted by atomic mass is 10.1. The summed E-state index contributed by atoms with van der Waals surface area (Å²) < 4.78 is 23.6. The summed E-state index contributed by atoms with van der Waals surface area (Å²) in [5.41, 5.74) is 2.10. The highest BCUT2D eigenvalue weighted by molar-refractivity contribution is 7.91. The van der Waals surface area contributed by atoms with E-state index >= 15 is 0 Å². The molecule has 0 bridgehead atoms. The number of hydrogen-bond donors (Lipinski definition) is 2. The highest BCUT2D eigenvalue weighted by atomic mass is 32.2. The van der Waals surface area contributed by atoms with Crippen molar-refractivity contribution in [3.63, 3.8) is 0 Å². The highest BCUT2D eigenvalue weighted by Crippen LogP contribution is 2.17. The van der Waals surface area contributed by atoms with Crippen LogP contribution >= 0.6 is 0 Å². The van der Waals surface area contributed by atoms with Gasteiger partial charge in [0.1, 0.15) is 0 Å². The molecular weight excluding hydrogens is 322 g/mol. The van der Waals surface area contributed by atoms with Crippen molar-refractivity contribution in [1.82, 2.24) is 5.32 Å². The molecule has 4 nitrogen and oxygen atoms in total. The molecule has 0 radical (unpaired) electrons. The zero-order valence-electron chi connectivity index (χ0n) is 14.1. The predicted molar refractivity (Wildman–Crippen MR) is 96.7 cm³/mol. The second-order valence-corrected chi connectivity index (χ2v) is 8.22. The smallest absolute Gasteiger partial charge is 0.178 e. The van der Waals surface area contributed by atoms with E-state index in [0.29, 0.717) is 17.9 Å². The van der Waals surface area contributed by atoms with Crippen molar-refractivity contribution >= 4 is 9.84 Å². The van der Waals surface area contributed by atoms with Crippen LogP contribution in [0.2, 0.25) is 0 Å². The van der Waals surface area contributed by atoms with Crippen molar-refractivity contribution in [3.8, 4) is 0 Å². The summed E-state index contributed by atoms with van der Waals surface area (Å²) in [6.07, 6.45) is 0.142. The lowest BCUT2D eigenvalue weighted by Gasteiger charge is -2.18. The van der Waals surface area contributed by atoms with Crippen molar-refractivity contribution in [2.75, 3.05) is 12.3 Å². The number of rotatable bonds is 8. The molecule has 0 fully saturated rings. The van der Waals surface area contributed by atoms with Crippen molar-refractivity contribution < 1.29 is 13.5 Å². The minimum atomic E-state index is -3.16. The minimum Gasteiger partial charge on any atom is -0.391 e. The fraction of sp³-hybridized carbons (Fsp3) is 0.368. The molecule has 0 aliphatic carbocycles. The van der Waals surface area contributed by atoms with Crippen LogP contribution in [0.15, 0.2) is 59.5 Å². The van der Waals surface area contributed by atoms with Crippen molar-refractivity contribution in [3.05, 3.63) is 65.7 Å². The standard InChI is InChI=1S/C19H25NO3S/c1-3-24(22,23)19-11-9-17(10-12-19)15(2)20-14-18(21)13-16-7-5-4-6-8-16/h4-12,15,18,20-21H,3,13-14H2,1-2H3. The van der Waals surface area contributed by atoms with Crippen LogP contribution in [0, 0.1) is 0 Å². The third-order valence-electron chi connectivity index (χ3n) is 4.09. The average Bonchev–Trinajstić information content (AvgIpc) is 2.60. The first-order chi connectivity index (χ1) is 11.4. The summed E-state index contributed by atoms with van der Waals surface area (Å²) in [5.74, 6) is 0.103. The molecule has 5 heteroatoms. The second kappa shape index (κ2) is 8.42. The predicted octanol–water partition coefficient (Wildman–Crippen LogP) is 2.73. The molecule has 0 spiro atoms. The largest absolute Gasteiger partial charge is 0.391 e. The van der Waals surface area contributed by atoms with Gasteiger partial charge < -0.3 is 10.4 Å². The van der Waals surface area contributed by atoms with E-state index in [-0.39, 0.29) is 11.8 Å². The fourth-order valence-electron chi connectivity index (χ4n) is 2.52. The molecule has 2 N–H and O–H groups in total. The fourth-order valence-corrected chi connectivity index (χ4v) is 3.40. The maximum atomic E-state index is 11.8. The normalized spacial score (nSPS) is 14.3. The van der Waals surface area contributed by atoms with E-state index in [1.54, 1.807) is 19.1 Å². The molecule has 0 saturated carbocycles. The SMILES string of the molecule is CCS(=O)(=O)c1ccc(C(C)NCC(O)Cc2ccccc2)cc1. The molecule has 0 aliphatic rings. The molecule has 2 unspecified atom stereocenters. The molecule has 0 aliphatic heterocycles. The van der Waals surface area contributed by atoms with E-state index in [2.05, 4.69) is 5.32 Å². The van der Waals surface area contributed by atoms with Gasteiger partial charge in [-0.2, -0.15) is 0 Å². The molecule has 2 aromatic rings. The van der Waals surface area contributed by atoms with Gasteiger partial charge in [0.25, 0.3) is 0 Å². The summed E-state index contributed by atoms with van der Waals surface area (Å²) in [6, 6.07) is 16.9. The molecular formula is C19H25NO3S. The third-order valence-corrected chi connectivity index (χ3v) is 5.84. The molecule has 2 rings (SSSR count). The summed E-state index contributed by atoms with van der Waals surface area (Å²) in [7, 11) is -3.16. The summed E-state index contributed by atoms with van der Waals surface area (Å²) >= 11 is 0. The zero-order chi connectivity index (χ0) is 17.6. The van der Waals surface area contributed by atoms with Crippen molar-refractivity contribution in [2.24, 2.45) is 0 Å². The summed E-state index contributed by atoms with van der Waals surface area (Å²) in [4.78, 5) is 0.352. The number of hydrogen-bond acceptors (Lipinski definition) is 4. The Morgan fingerprint density at radius 1 is 1.04 bits per heavy atom. The molecule has 130 valence electrons. The van der Waals surface area contributed by atoms with Crippen LogP contribution in [0.5, 0.6) is 0 Å². The lowest BCUT2D eigenvalue weighted by molar-refractivity contribution is 0.168. The average molecular weight is 347 g/mol. The molecule has 2 aromatic carbocycles. The zero-order valence-corrected chi connectivity index (χ0v) is 15.0. The number of sulfone groups is 1. The Hall–Kier alpha value is -1.69. The molecule has 0 aromatic heterocycles. The van der Waals surface area contributed by atoms with Gasteiger partial charge in [-0.3, -0.25) is 0 Å². The van der Waals surface area contributed by atoms with E-state index in [4.69, 9.17) is 0 Å². The van der Waals surface area contributed by atoms with E-state index in [0.717, 1.165) is 11.1 Å². The van der Waals surface area contributed by atoms with Crippen molar-refractivity contribution in [2.45, 2.75) is 37.3 Å². The molecule has 0 saturated heterocycles. The Balaban J connectivity index is 1.89. The minimum absolute atomic E-state index is 0.0359. The second-order valence-electron chi connectivity index (χ2n) is 5.95. The number of benzene rings is 2. The van der Waals surface area contributed by atoms with Gasteiger partial charge in [-0.15, -0.1) is 0 Å². The summed E-state index contributed by atoms with van der Waals surface area (Å²) in [5, 5.41) is 13.4. The Kier molecular flexibility index (Phi) is 6.54. The van der Waals surface area contributed by atoms with Crippen LogP contribution in [-0.2, 0) is 16.3 Å². The molecule has 24 heavy (non-hydrogen) atoms. The van der Waals surface area contributed by atoms with Crippen LogP contribution < -0.4 is 5.32 Å². The monoisotopic (exact) mass is 347 g/mol. The third kappa shape index (κ3) is 5.16. The van der Waals surface area contributed by atoms with Gasteiger partial charge in [0, 0.05) is 12.6 Å². The van der Waals surface area contributed by atoms with Crippen LogP contribution in [0.1, 0.15) is 31.0 Å². The Bertz CT molecular complexity index is 727. The Morgan fingerprint density at radius 3 is 2.25 bits per heavy atom. The molecule has 0 amide bonds. The topological polar surface area (TPSA) is 66.4 Å². The van der Waals surface area contributed by atoms with Gasteiger partial charge >= 0.3 is 0 Å². The number of nitrogens with one attached hydrogen (secondary N) is 1. The Morgan fingerprint density at radius 2 is 1.67 bits per heavy atom. The van der Waals surface area contributed by atoms with Crippen LogP contribution in [0.25, 0.3) is 0 Å². The van der Waals surface area contributed by atoms with Crippen molar-refractivity contribution in [1.29, 1.82) is 0 Å². The quantitative estimate of drug-likeness (QED) is 0.770. The van der Waals surface area contributed by atoms with Gasteiger partial charge in [0.05, 0.1) is 16.8 Å². The first kappa shape index (κ1) is 18.6. The Labute approximate surface area is 144 Å². The van der Waals surface area contributed by atoms with Gasteiger partial charge in [0.2, 0.25) is 0 Å². The van der Waals surface area contributed by atoms with Crippen LogP contribution in [0.3, 0.4) is 0 Å². The van der Waals surface area contributed by atoms with Crippen LogP contribution in [-0.4, -0.2) is 31.9 Å². The maximum Gasteiger partial charge on any atom is 0.178 e. The van der Waals surface area contributed by atoms with E-state index in [1.807, 2.05) is 49.4 Å². The van der Waals surface area contributed by atoms with E-state index in [9.17, 15) is 13.5 Å². The van der Waals surface area contributed by atoms with E-state index in [1.165, 1.54) is 0 Å². The lowest BCUT2D eigenvalue weighted by Crippen LogP contribution is -2.30. The molecule has 0 heterocycles. The van der Waals surface area contributed by atoms with Gasteiger partial charge in [-0.25, -0.2) is 8.42 Å². The first-order valence-electron chi connectivity index (χ1n) is 8.20. The maximum absolute atomic E-state index is 11.8. The first-order valence-corrected chi connectivity index (χ1v) is 9.85. The van der Waals surface area contributed by atoms with Gasteiger partial charge in [-0.1, -0.05) is 49.4 Å². The molecule has 2 atom stereocenters. The van der Waals surface area contributed by atoms with Gasteiger partial charge in [0.15, 0.2) is 9.84 Å². The van der Waals surface area contributed by atoms with Gasteiger partial charge in [-0.05, 0) is 36.6 Å². The van der Waals surface area contributed by atoms with Crippen LogP contribution in [0.4, 0.5) is 0 Å². The highest BCUT2D eigenvalue weighted by Gasteiger charge is 2.13. The summed E-state index contributed by atoms with van der Waals surface area (Å²) in [6.45, 7) is 4.12.